The molecule has 0 saturated carbocycles. The van der Waals surface area contributed by atoms with Crippen LogP contribution in [0.1, 0.15) is 43.1 Å². The van der Waals surface area contributed by atoms with Crippen molar-refractivity contribution >= 4 is 17.5 Å². The first-order valence-corrected chi connectivity index (χ1v) is 9.54. The molecular weight excluding hydrogens is 368 g/mol. The minimum atomic E-state index is -0.188. The summed E-state index contributed by atoms with van der Waals surface area (Å²) in [5, 5.41) is 2.80. The summed E-state index contributed by atoms with van der Waals surface area (Å²) in [4.78, 5) is 26.3. The zero-order chi connectivity index (χ0) is 21.6. The number of hydrogen-bond acceptors (Lipinski definition) is 4. The zero-order valence-electron chi connectivity index (χ0n) is 18.0. The zero-order valence-corrected chi connectivity index (χ0v) is 18.0. The van der Waals surface area contributed by atoms with Crippen LogP contribution in [0.2, 0.25) is 0 Å². The molecule has 2 amide bonds. The second kappa shape index (κ2) is 9.45. The lowest BCUT2D eigenvalue weighted by atomic mass is 9.87. The Hall–Kier alpha value is -3.02. The highest BCUT2D eigenvalue weighted by molar-refractivity contribution is 5.96. The number of hydrogen-bond donors (Lipinski definition) is 1. The van der Waals surface area contributed by atoms with E-state index in [-0.39, 0.29) is 30.2 Å². The minimum Gasteiger partial charge on any atom is -0.493 e. The van der Waals surface area contributed by atoms with Gasteiger partial charge in [0.15, 0.2) is 11.5 Å². The Balaban J connectivity index is 1.91. The molecule has 0 aliphatic rings. The van der Waals surface area contributed by atoms with Gasteiger partial charge in [0.05, 0.1) is 14.2 Å². The van der Waals surface area contributed by atoms with Gasteiger partial charge in [-0.05, 0) is 35.2 Å². The fraction of sp³-hybridized carbons (Fsp3) is 0.391. The van der Waals surface area contributed by atoms with Crippen LogP contribution >= 0.6 is 0 Å². The Labute approximate surface area is 172 Å². The van der Waals surface area contributed by atoms with Crippen molar-refractivity contribution in [1.29, 1.82) is 0 Å². The van der Waals surface area contributed by atoms with Crippen LogP contribution < -0.4 is 19.7 Å². The van der Waals surface area contributed by atoms with Crippen molar-refractivity contribution in [2.24, 2.45) is 0 Å². The van der Waals surface area contributed by atoms with Crippen molar-refractivity contribution in [1.82, 2.24) is 5.32 Å². The standard InChI is InChI=1S/C23H30N2O4/c1-23(2,3)17-9-7-16(8-10-17)22(27)24-14-13-21(26)25(4)18-11-12-19(28-5)20(15-18)29-6/h7-12,15H,13-14H2,1-6H3,(H,24,27). The first-order chi connectivity index (χ1) is 13.7. The van der Waals surface area contributed by atoms with E-state index in [2.05, 4.69) is 26.1 Å². The summed E-state index contributed by atoms with van der Waals surface area (Å²) in [7, 11) is 4.80. The van der Waals surface area contributed by atoms with Gasteiger partial charge in [-0.15, -0.1) is 0 Å². The molecule has 0 bridgehead atoms. The molecule has 2 rings (SSSR count). The molecule has 156 valence electrons. The number of anilines is 1. The summed E-state index contributed by atoms with van der Waals surface area (Å²) in [6.07, 6.45) is 0.191. The molecule has 29 heavy (non-hydrogen) atoms. The molecule has 1 N–H and O–H groups in total. The lowest BCUT2D eigenvalue weighted by molar-refractivity contribution is -0.118. The van der Waals surface area contributed by atoms with Crippen LogP contribution in [-0.4, -0.2) is 39.6 Å². The van der Waals surface area contributed by atoms with Crippen molar-refractivity contribution < 1.29 is 19.1 Å². The fourth-order valence-corrected chi connectivity index (χ4v) is 2.85. The van der Waals surface area contributed by atoms with Gasteiger partial charge in [-0.1, -0.05) is 32.9 Å². The Kier molecular flexibility index (Phi) is 7.26. The van der Waals surface area contributed by atoms with Crippen LogP contribution in [0.15, 0.2) is 42.5 Å². The Morgan fingerprint density at radius 3 is 2.14 bits per heavy atom. The van der Waals surface area contributed by atoms with Crippen molar-refractivity contribution in [3.8, 4) is 11.5 Å². The molecular formula is C23H30N2O4. The maximum Gasteiger partial charge on any atom is 0.251 e. The molecule has 2 aromatic rings. The van der Waals surface area contributed by atoms with Gasteiger partial charge >= 0.3 is 0 Å². The molecule has 0 saturated heterocycles. The Morgan fingerprint density at radius 2 is 1.59 bits per heavy atom. The normalized spacial score (nSPS) is 11.0. The molecule has 6 nitrogen and oxygen atoms in total. The first-order valence-electron chi connectivity index (χ1n) is 9.54. The molecule has 0 spiro atoms. The van der Waals surface area contributed by atoms with E-state index in [0.717, 1.165) is 0 Å². The molecule has 0 atom stereocenters. The van der Waals surface area contributed by atoms with E-state index in [4.69, 9.17) is 9.47 Å². The van der Waals surface area contributed by atoms with Gasteiger partial charge in [-0.25, -0.2) is 0 Å². The molecule has 2 aromatic carbocycles. The third-order valence-corrected chi connectivity index (χ3v) is 4.77. The summed E-state index contributed by atoms with van der Waals surface area (Å²) in [6, 6.07) is 12.8. The van der Waals surface area contributed by atoms with Gasteiger partial charge < -0.3 is 19.7 Å². The summed E-state index contributed by atoms with van der Waals surface area (Å²) in [5.74, 6) is 0.853. The second-order valence-electron chi connectivity index (χ2n) is 7.83. The smallest absolute Gasteiger partial charge is 0.251 e. The summed E-state index contributed by atoms with van der Waals surface area (Å²) < 4.78 is 10.5. The van der Waals surface area contributed by atoms with E-state index in [1.807, 2.05) is 24.3 Å². The van der Waals surface area contributed by atoms with Crippen molar-refractivity contribution in [2.45, 2.75) is 32.6 Å². The number of carbonyl (C=O) groups excluding carboxylic acids is 2. The fourth-order valence-electron chi connectivity index (χ4n) is 2.85. The monoisotopic (exact) mass is 398 g/mol. The van der Waals surface area contributed by atoms with Crippen molar-refractivity contribution in [3.63, 3.8) is 0 Å². The van der Waals surface area contributed by atoms with E-state index < -0.39 is 0 Å². The Morgan fingerprint density at radius 1 is 0.966 bits per heavy atom. The van der Waals surface area contributed by atoms with E-state index in [0.29, 0.717) is 22.7 Å². The van der Waals surface area contributed by atoms with Crippen LogP contribution in [0.25, 0.3) is 0 Å². The van der Waals surface area contributed by atoms with Crippen molar-refractivity contribution in [3.05, 3.63) is 53.6 Å². The number of amides is 2. The van der Waals surface area contributed by atoms with Gasteiger partial charge in [0.1, 0.15) is 0 Å². The van der Waals surface area contributed by atoms with Gasteiger partial charge in [-0.3, -0.25) is 9.59 Å². The predicted octanol–water partition coefficient (Wildman–Crippen LogP) is 3.78. The molecule has 6 heteroatoms. The Bertz CT molecular complexity index is 854. The van der Waals surface area contributed by atoms with Gasteiger partial charge in [0.2, 0.25) is 5.91 Å². The van der Waals surface area contributed by atoms with Gasteiger partial charge in [0.25, 0.3) is 5.91 Å². The molecule has 0 unspecified atom stereocenters. The van der Waals surface area contributed by atoms with Crippen LogP contribution in [0.5, 0.6) is 11.5 Å². The molecule has 0 radical (unpaired) electrons. The second-order valence-corrected chi connectivity index (χ2v) is 7.83. The predicted molar refractivity (Wildman–Crippen MR) is 115 cm³/mol. The lowest BCUT2D eigenvalue weighted by Crippen LogP contribution is -2.32. The number of nitrogens with one attached hydrogen (secondary N) is 1. The summed E-state index contributed by atoms with van der Waals surface area (Å²) in [6.45, 7) is 6.64. The quantitative estimate of drug-likeness (QED) is 0.771. The van der Waals surface area contributed by atoms with Crippen molar-refractivity contribution in [2.75, 3.05) is 32.7 Å². The van der Waals surface area contributed by atoms with E-state index in [9.17, 15) is 9.59 Å². The third kappa shape index (κ3) is 5.73. The average molecular weight is 399 g/mol. The highest BCUT2D eigenvalue weighted by Gasteiger charge is 2.16. The average Bonchev–Trinajstić information content (AvgIpc) is 2.71. The number of methoxy groups -OCH3 is 2. The van der Waals surface area contributed by atoms with Crippen LogP contribution in [0.3, 0.4) is 0 Å². The van der Waals surface area contributed by atoms with Crippen LogP contribution in [0, 0.1) is 0 Å². The topological polar surface area (TPSA) is 67.9 Å². The summed E-state index contributed by atoms with van der Waals surface area (Å²) in [5.41, 5.74) is 2.48. The number of nitrogens with zero attached hydrogens (tertiary/aromatic N) is 1. The number of ether oxygens (including phenoxy) is 2. The van der Waals surface area contributed by atoms with E-state index >= 15 is 0 Å². The largest absolute Gasteiger partial charge is 0.493 e. The minimum absolute atomic E-state index is 0.0378. The lowest BCUT2D eigenvalue weighted by Gasteiger charge is -2.19. The van der Waals surface area contributed by atoms with Gasteiger partial charge in [-0.2, -0.15) is 0 Å². The number of carbonyl (C=O) groups is 2. The SMILES string of the molecule is COc1ccc(N(C)C(=O)CCNC(=O)c2ccc(C(C)(C)C)cc2)cc1OC. The highest BCUT2D eigenvalue weighted by Crippen LogP contribution is 2.31. The molecule has 0 aliphatic carbocycles. The number of rotatable bonds is 7. The maximum absolute atomic E-state index is 12.5. The first kappa shape index (κ1) is 22.3. The third-order valence-electron chi connectivity index (χ3n) is 4.77. The molecule has 0 aliphatic heterocycles. The number of benzene rings is 2. The van der Waals surface area contributed by atoms with E-state index in [1.165, 1.54) is 10.5 Å². The van der Waals surface area contributed by atoms with E-state index in [1.54, 1.807) is 39.5 Å². The van der Waals surface area contributed by atoms with Crippen LogP contribution in [-0.2, 0) is 10.2 Å². The van der Waals surface area contributed by atoms with Crippen LogP contribution in [0.4, 0.5) is 5.69 Å². The summed E-state index contributed by atoms with van der Waals surface area (Å²) >= 11 is 0. The molecule has 0 heterocycles. The van der Waals surface area contributed by atoms with Gasteiger partial charge in [0, 0.05) is 37.3 Å². The maximum atomic E-state index is 12.5. The molecule has 0 aromatic heterocycles. The molecule has 0 fully saturated rings. The highest BCUT2D eigenvalue weighted by atomic mass is 16.5.